The Morgan fingerprint density at radius 2 is 1.95 bits per heavy atom. The Kier molecular flexibility index (Phi) is 5.00. The highest BCUT2D eigenvalue weighted by Crippen LogP contribution is 2.28. The summed E-state index contributed by atoms with van der Waals surface area (Å²) in [5.74, 6) is 0.192. The Bertz CT molecular complexity index is 701. The zero-order valence-electron chi connectivity index (χ0n) is 11.8. The summed E-state index contributed by atoms with van der Waals surface area (Å²) in [7, 11) is 0. The van der Waals surface area contributed by atoms with Gasteiger partial charge < -0.3 is 10.4 Å². The molecule has 2 rings (SSSR count). The van der Waals surface area contributed by atoms with Gasteiger partial charge in [0.25, 0.3) is 11.6 Å². The van der Waals surface area contributed by atoms with Gasteiger partial charge in [0, 0.05) is 23.4 Å². The third-order valence-electron chi connectivity index (χ3n) is 2.97. The first kappa shape index (κ1) is 15.8. The molecule has 2 N–H and O–H groups in total. The van der Waals surface area contributed by atoms with Crippen LogP contribution in [0.5, 0.6) is 5.75 Å². The Hall–Kier alpha value is -2.54. The van der Waals surface area contributed by atoms with Gasteiger partial charge in [-0.2, -0.15) is 11.8 Å². The van der Waals surface area contributed by atoms with Gasteiger partial charge in [0.1, 0.15) is 5.75 Å². The van der Waals surface area contributed by atoms with E-state index in [1.807, 2.05) is 18.4 Å². The molecule has 0 aliphatic rings. The predicted molar refractivity (Wildman–Crippen MR) is 86.4 cm³/mol. The first-order chi connectivity index (χ1) is 10.5. The van der Waals surface area contributed by atoms with Gasteiger partial charge in [-0.15, -0.1) is 0 Å². The second-order valence-corrected chi connectivity index (χ2v) is 5.41. The van der Waals surface area contributed by atoms with Crippen LogP contribution in [0.4, 0.5) is 11.4 Å². The molecule has 0 saturated heterocycles. The van der Waals surface area contributed by atoms with Crippen molar-refractivity contribution < 1.29 is 14.8 Å². The van der Waals surface area contributed by atoms with E-state index in [9.17, 15) is 20.0 Å². The van der Waals surface area contributed by atoms with Crippen molar-refractivity contribution in [3.8, 4) is 5.75 Å². The maximum Gasteiger partial charge on any atom is 0.271 e. The zero-order valence-corrected chi connectivity index (χ0v) is 12.6. The van der Waals surface area contributed by atoms with Crippen LogP contribution >= 0.6 is 11.8 Å². The molecule has 0 fully saturated rings. The van der Waals surface area contributed by atoms with Gasteiger partial charge >= 0.3 is 0 Å². The number of nitro benzene ring substituents is 1. The standard InChI is InChI=1S/C15H14N2O4S/c1-22-9-10-2-4-11(5-3-10)15(19)16-13-8-12(17(20)21)6-7-14(13)18/h2-8,18H,9H2,1H3,(H,16,19). The summed E-state index contributed by atoms with van der Waals surface area (Å²) in [5.41, 5.74) is 1.31. The minimum Gasteiger partial charge on any atom is -0.506 e. The van der Waals surface area contributed by atoms with Gasteiger partial charge in [0.2, 0.25) is 0 Å². The lowest BCUT2D eigenvalue weighted by Gasteiger charge is -2.08. The molecule has 114 valence electrons. The van der Waals surface area contributed by atoms with E-state index in [0.717, 1.165) is 17.4 Å². The molecule has 0 unspecified atom stereocenters. The summed E-state index contributed by atoms with van der Waals surface area (Å²) in [6.07, 6.45) is 1.99. The quantitative estimate of drug-likeness (QED) is 0.500. The molecule has 0 aliphatic carbocycles. The molecule has 0 bridgehead atoms. The van der Waals surface area contributed by atoms with Gasteiger partial charge in [0.05, 0.1) is 10.6 Å². The van der Waals surface area contributed by atoms with E-state index in [0.29, 0.717) is 5.56 Å². The lowest BCUT2D eigenvalue weighted by Crippen LogP contribution is -2.12. The molecule has 0 atom stereocenters. The summed E-state index contributed by atoms with van der Waals surface area (Å²) < 4.78 is 0. The zero-order chi connectivity index (χ0) is 16.1. The van der Waals surface area contributed by atoms with Crippen LogP contribution in [0.1, 0.15) is 15.9 Å². The number of amides is 1. The number of benzene rings is 2. The number of nitro groups is 1. The van der Waals surface area contributed by atoms with Gasteiger partial charge in [-0.25, -0.2) is 0 Å². The number of hydrogen-bond donors (Lipinski definition) is 2. The van der Waals surface area contributed by atoms with Crippen molar-refractivity contribution in [2.24, 2.45) is 0 Å². The number of hydrogen-bond acceptors (Lipinski definition) is 5. The number of anilines is 1. The van der Waals surface area contributed by atoms with E-state index in [2.05, 4.69) is 5.32 Å². The Balaban J connectivity index is 2.17. The molecule has 22 heavy (non-hydrogen) atoms. The fourth-order valence-electron chi connectivity index (χ4n) is 1.85. The van der Waals surface area contributed by atoms with Gasteiger partial charge in [-0.3, -0.25) is 14.9 Å². The lowest BCUT2D eigenvalue weighted by atomic mass is 10.1. The number of phenols is 1. The summed E-state index contributed by atoms with van der Waals surface area (Å²) in [5, 5.41) is 22.9. The number of rotatable bonds is 5. The summed E-state index contributed by atoms with van der Waals surface area (Å²) in [6, 6.07) is 10.5. The largest absolute Gasteiger partial charge is 0.506 e. The average molecular weight is 318 g/mol. The maximum atomic E-state index is 12.1. The van der Waals surface area contributed by atoms with Crippen molar-refractivity contribution in [3.63, 3.8) is 0 Å². The third-order valence-corrected chi connectivity index (χ3v) is 3.59. The van der Waals surface area contributed by atoms with Crippen molar-refractivity contribution in [1.82, 2.24) is 0 Å². The van der Waals surface area contributed by atoms with Crippen LogP contribution in [0.15, 0.2) is 42.5 Å². The number of carbonyl (C=O) groups is 1. The molecular weight excluding hydrogens is 304 g/mol. The van der Waals surface area contributed by atoms with E-state index >= 15 is 0 Å². The van der Waals surface area contributed by atoms with Crippen LogP contribution < -0.4 is 5.32 Å². The Morgan fingerprint density at radius 1 is 1.27 bits per heavy atom. The fraction of sp³-hybridized carbons (Fsp3) is 0.133. The fourth-order valence-corrected chi connectivity index (χ4v) is 2.38. The predicted octanol–water partition coefficient (Wildman–Crippen LogP) is 3.42. The molecule has 0 radical (unpaired) electrons. The lowest BCUT2D eigenvalue weighted by molar-refractivity contribution is -0.384. The maximum absolute atomic E-state index is 12.1. The van der Waals surface area contributed by atoms with E-state index < -0.39 is 10.8 Å². The minimum absolute atomic E-state index is 0.00684. The average Bonchev–Trinajstić information content (AvgIpc) is 2.50. The van der Waals surface area contributed by atoms with Crippen LogP contribution in [-0.4, -0.2) is 22.2 Å². The molecule has 0 aromatic heterocycles. The van der Waals surface area contributed by atoms with Crippen LogP contribution in [0.2, 0.25) is 0 Å². The van der Waals surface area contributed by atoms with Crippen molar-refractivity contribution in [2.45, 2.75) is 5.75 Å². The molecule has 0 aliphatic heterocycles. The second kappa shape index (κ2) is 6.95. The first-order valence-electron chi connectivity index (χ1n) is 6.38. The minimum atomic E-state index is -0.591. The molecule has 0 heterocycles. The molecule has 1 amide bonds. The number of aromatic hydroxyl groups is 1. The Labute approximate surface area is 131 Å². The molecule has 2 aromatic rings. The molecule has 7 heteroatoms. The number of nitrogens with zero attached hydrogens (tertiary/aromatic N) is 1. The smallest absolute Gasteiger partial charge is 0.271 e. The van der Waals surface area contributed by atoms with E-state index in [1.165, 1.54) is 12.1 Å². The van der Waals surface area contributed by atoms with Crippen LogP contribution in [0.25, 0.3) is 0 Å². The van der Waals surface area contributed by atoms with Crippen LogP contribution in [-0.2, 0) is 5.75 Å². The van der Waals surface area contributed by atoms with Crippen molar-refractivity contribution >= 4 is 29.0 Å². The normalized spacial score (nSPS) is 10.2. The summed E-state index contributed by atoms with van der Waals surface area (Å²) >= 11 is 1.68. The third kappa shape index (κ3) is 3.76. The van der Waals surface area contributed by atoms with E-state index in [1.54, 1.807) is 23.9 Å². The molecule has 0 saturated carbocycles. The highest BCUT2D eigenvalue weighted by atomic mass is 32.2. The SMILES string of the molecule is CSCc1ccc(C(=O)Nc2cc([N+](=O)[O-])ccc2O)cc1. The number of phenolic OH excluding ortho intramolecular Hbond substituents is 1. The molecular formula is C15H14N2O4S. The monoisotopic (exact) mass is 318 g/mol. The van der Waals surface area contributed by atoms with E-state index in [4.69, 9.17) is 0 Å². The second-order valence-electron chi connectivity index (χ2n) is 4.54. The van der Waals surface area contributed by atoms with Gasteiger partial charge in [0.15, 0.2) is 0 Å². The summed E-state index contributed by atoms with van der Waals surface area (Å²) in [4.78, 5) is 22.3. The van der Waals surface area contributed by atoms with Crippen molar-refractivity contribution in [3.05, 3.63) is 63.7 Å². The number of thioether (sulfide) groups is 1. The number of non-ortho nitro benzene ring substituents is 1. The highest BCUT2D eigenvalue weighted by molar-refractivity contribution is 7.97. The van der Waals surface area contributed by atoms with Crippen molar-refractivity contribution in [2.75, 3.05) is 11.6 Å². The van der Waals surface area contributed by atoms with Gasteiger partial charge in [-0.05, 0) is 30.0 Å². The number of carbonyl (C=O) groups excluding carboxylic acids is 1. The van der Waals surface area contributed by atoms with Crippen LogP contribution in [0, 0.1) is 10.1 Å². The van der Waals surface area contributed by atoms with Gasteiger partial charge in [-0.1, -0.05) is 12.1 Å². The Morgan fingerprint density at radius 3 is 2.55 bits per heavy atom. The first-order valence-corrected chi connectivity index (χ1v) is 7.77. The van der Waals surface area contributed by atoms with Crippen molar-refractivity contribution in [1.29, 1.82) is 0 Å². The molecule has 6 nitrogen and oxygen atoms in total. The topological polar surface area (TPSA) is 92.5 Å². The highest BCUT2D eigenvalue weighted by Gasteiger charge is 2.13. The summed E-state index contributed by atoms with van der Waals surface area (Å²) in [6.45, 7) is 0. The molecule has 0 spiro atoms. The van der Waals surface area contributed by atoms with Crippen LogP contribution in [0.3, 0.4) is 0 Å². The molecule has 2 aromatic carbocycles. The number of nitrogens with one attached hydrogen (secondary N) is 1. The van der Waals surface area contributed by atoms with E-state index in [-0.39, 0.29) is 17.1 Å².